The third kappa shape index (κ3) is 5.95. The van der Waals surface area contributed by atoms with Crippen LogP contribution in [-0.2, 0) is 16.0 Å². The zero-order valence-corrected chi connectivity index (χ0v) is 17.6. The number of methoxy groups -OCH3 is 1. The minimum atomic E-state index is 0.0262. The quantitative estimate of drug-likeness (QED) is 0.742. The van der Waals surface area contributed by atoms with Gasteiger partial charge in [-0.1, -0.05) is 24.3 Å². The smallest absolute Gasteiger partial charge is 0.224 e. The molecule has 1 fully saturated rings. The first kappa shape index (κ1) is 21.1. The molecule has 0 bridgehead atoms. The summed E-state index contributed by atoms with van der Waals surface area (Å²) in [5.74, 6) is 0.820. The van der Waals surface area contributed by atoms with Crippen LogP contribution in [0, 0.1) is 0 Å². The van der Waals surface area contributed by atoms with Gasteiger partial charge in [0.1, 0.15) is 5.75 Å². The van der Waals surface area contributed by atoms with E-state index >= 15 is 0 Å². The summed E-state index contributed by atoms with van der Waals surface area (Å²) in [4.78, 5) is 17.0. The largest absolute Gasteiger partial charge is 0.497 e. The number of benzene rings is 2. The average Bonchev–Trinajstić information content (AvgIpc) is 2.75. The van der Waals surface area contributed by atoms with Gasteiger partial charge in [-0.25, -0.2) is 0 Å². The van der Waals surface area contributed by atoms with Gasteiger partial charge in [-0.15, -0.1) is 0 Å². The van der Waals surface area contributed by atoms with Gasteiger partial charge in [0, 0.05) is 39.4 Å². The van der Waals surface area contributed by atoms with Crippen molar-refractivity contribution in [2.24, 2.45) is 0 Å². The topological polar surface area (TPSA) is 54.0 Å². The third-order valence-corrected chi connectivity index (χ3v) is 5.30. The minimum Gasteiger partial charge on any atom is -0.497 e. The molecular weight excluding hydrogens is 366 g/mol. The lowest BCUT2D eigenvalue weighted by Gasteiger charge is -2.35. The number of amides is 1. The lowest BCUT2D eigenvalue weighted by molar-refractivity contribution is -0.120. The van der Waals surface area contributed by atoms with E-state index in [1.165, 1.54) is 5.56 Å². The molecule has 0 saturated carbocycles. The summed E-state index contributed by atoms with van der Waals surface area (Å²) in [6, 6.07) is 16.3. The van der Waals surface area contributed by atoms with Crippen LogP contribution < -0.4 is 15.0 Å². The Hall–Kier alpha value is -2.57. The number of morpholine rings is 1. The normalized spacial score (nSPS) is 15.6. The monoisotopic (exact) mass is 397 g/mol. The van der Waals surface area contributed by atoms with E-state index in [0.717, 1.165) is 43.3 Å². The molecular formula is C23H31N3O3. The van der Waals surface area contributed by atoms with E-state index in [1.807, 2.05) is 38.4 Å². The van der Waals surface area contributed by atoms with Crippen molar-refractivity contribution in [3.63, 3.8) is 0 Å². The Bertz CT molecular complexity index is 769. The number of carbonyl (C=O) groups is 1. The molecule has 0 radical (unpaired) electrons. The second-order valence-electron chi connectivity index (χ2n) is 7.48. The maximum absolute atomic E-state index is 12.5. The molecule has 6 heteroatoms. The van der Waals surface area contributed by atoms with Crippen molar-refractivity contribution in [2.45, 2.75) is 12.5 Å². The number of anilines is 1. The zero-order chi connectivity index (χ0) is 20.6. The molecule has 0 aliphatic carbocycles. The maximum Gasteiger partial charge on any atom is 0.224 e. The van der Waals surface area contributed by atoms with Crippen molar-refractivity contribution in [3.05, 3.63) is 59.7 Å². The molecule has 1 heterocycles. The van der Waals surface area contributed by atoms with Crippen LogP contribution in [0.5, 0.6) is 5.75 Å². The van der Waals surface area contributed by atoms with Crippen LogP contribution >= 0.6 is 0 Å². The molecule has 1 saturated heterocycles. The van der Waals surface area contributed by atoms with E-state index in [0.29, 0.717) is 13.0 Å². The van der Waals surface area contributed by atoms with Gasteiger partial charge in [-0.3, -0.25) is 9.69 Å². The molecule has 29 heavy (non-hydrogen) atoms. The number of nitrogens with one attached hydrogen (secondary N) is 1. The Morgan fingerprint density at radius 2 is 1.76 bits per heavy atom. The Kier molecular flexibility index (Phi) is 7.49. The van der Waals surface area contributed by atoms with Crippen LogP contribution in [0.1, 0.15) is 17.2 Å². The highest BCUT2D eigenvalue weighted by molar-refractivity contribution is 5.78. The number of hydrogen-bond donors (Lipinski definition) is 1. The van der Waals surface area contributed by atoms with Crippen LogP contribution in [0.4, 0.5) is 5.69 Å². The fraction of sp³-hybridized carbons (Fsp3) is 0.435. The van der Waals surface area contributed by atoms with Gasteiger partial charge >= 0.3 is 0 Å². The van der Waals surface area contributed by atoms with Gasteiger partial charge in [0.05, 0.1) is 32.8 Å². The van der Waals surface area contributed by atoms with E-state index in [1.54, 1.807) is 7.11 Å². The number of ether oxygens (including phenoxy) is 2. The predicted molar refractivity (Wildman–Crippen MR) is 116 cm³/mol. The van der Waals surface area contributed by atoms with Crippen molar-refractivity contribution in [1.82, 2.24) is 10.2 Å². The van der Waals surface area contributed by atoms with Crippen LogP contribution in [0.3, 0.4) is 0 Å². The van der Waals surface area contributed by atoms with E-state index in [9.17, 15) is 4.79 Å². The third-order valence-electron chi connectivity index (χ3n) is 5.30. The predicted octanol–water partition coefficient (Wildman–Crippen LogP) is 2.49. The van der Waals surface area contributed by atoms with Gasteiger partial charge < -0.3 is 19.7 Å². The van der Waals surface area contributed by atoms with Crippen LogP contribution in [-0.4, -0.2) is 64.9 Å². The van der Waals surface area contributed by atoms with Crippen molar-refractivity contribution in [3.8, 4) is 5.75 Å². The summed E-state index contributed by atoms with van der Waals surface area (Å²) in [6.07, 6.45) is 0.361. The van der Waals surface area contributed by atoms with Gasteiger partial charge in [-0.05, 0) is 35.4 Å². The first-order chi connectivity index (χ1) is 14.1. The Balaban J connectivity index is 1.65. The fourth-order valence-electron chi connectivity index (χ4n) is 3.54. The van der Waals surface area contributed by atoms with Crippen molar-refractivity contribution in [2.75, 3.05) is 59.0 Å². The lowest BCUT2D eigenvalue weighted by Crippen LogP contribution is -2.44. The lowest BCUT2D eigenvalue weighted by atomic mass is 10.0. The van der Waals surface area contributed by atoms with Gasteiger partial charge in [0.2, 0.25) is 5.91 Å². The number of rotatable bonds is 8. The molecule has 1 amide bonds. The summed E-state index contributed by atoms with van der Waals surface area (Å²) in [5.41, 5.74) is 3.35. The van der Waals surface area contributed by atoms with Gasteiger partial charge in [0.25, 0.3) is 0 Å². The molecule has 6 nitrogen and oxygen atoms in total. The Morgan fingerprint density at radius 3 is 2.34 bits per heavy atom. The van der Waals surface area contributed by atoms with Crippen LogP contribution in [0.15, 0.2) is 48.5 Å². The first-order valence-corrected chi connectivity index (χ1v) is 10.1. The van der Waals surface area contributed by atoms with E-state index in [2.05, 4.69) is 39.4 Å². The van der Waals surface area contributed by atoms with Gasteiger partial charge in [-0.2, -0.15) is 0 Å². The average molecular weight is 398 g/mol. The molecule has 0 spiro atoms. The van der Waals surface area contributed by atoms with E-state index < -0.39 is 0 Å². The standard InChI is InChI=1S/C23H31N3O3/c1-25(2)20-8-6-19(7-9-20)22(26-12-14-29-15-13-26)17-24-23(27)16-18-4-10-21(28-3)11-5-18/h4-11,22H,12-17H2,1-3H3,(H,24,27)/t22-/m1/s1. The zero-order valence-electron chi connectivity index (χ0n) is 17.6. The van der Waals surface area contributed by atoms with Crippen LogP contribution in [0.25, 0.3) is 0 Å². The highest BCUT2D eigenvalue weighted by atomic mass is 16.5. The molecule has 0 unspecified atom stereocenters. The second-order valence-corrected chi connectivity index (χ2v) is 7.48. The molecule has 1 aliphatic rings. The minimum absolute atomic E-state index is 0.0262. The molecule has 1 atom stereocenters. The second kappa shape index (κ2) is 10.3. The maximum atomic E-state index is 12.5. The highest BCUT2D eigenvalue weighted by Gasteiger charge is 2.23. The molecule has 0 aromatic heterocycles. The van der Waals surface area contributed by atoms with Crippen LogP contribution in [0.2, 0.25) is 0 Å². The summed E-state index contributed by atoms with van der Waals surface area (Å²) < 4.78 is 10.7. The molecule has 2 aromatic carbocycles. The summed E-state index contributed by atoms with van der Waals surface area (Å²) >= 11 is 0. The molecule has 156 valence electrons. The number of hydrogen-bond acceptors (Lipinski definition) is 5. The van der Waals surface area contributed by atoms with Gasteiger partial charge in [0.15, 0.2) is 0 Å². The SMILES string of the molecule is COc1ccc(CC(=O)NC[C@H](c2ccc(N(C)C)cc2)N2CCOCC2)cc1. The molecule has 1 aliphatic heterocycles. The summed E-state index contributed by atoms with van der Waals surface area (Å²) in [7, 11) is 5.71. The molecule has 3 rings (SSSR count). The highest BCUT2D eigenvalue weighted by Crippen LogP contribution is 2.24. The number of carbonyl (C=O) groups excluding carboxylic acids is 1. The molecule has 2 aromatic rings. The fourth-order valence-corrected chi connectivity index (χ4v) is 3.54. The summed E-state index contributed by atoms with van der Waals surface area (Å²) in [6.45, 7) is 3.78. The Labute approximate surface area is 173 Å². The van der Waals surface area contributed by atoms with Crippen molar-refractivity contribution >= 4 is 11.6 Å². The first-order valence-electron chi connectivity index (χ1n) is 10.1. The van der Waals surface area contributed by atoms with E-state index in [-0.39, 0.29) is 11.9 Å². The summed E-state index contributed by atoms with van der Waals surface area (Å²) in [5, 5.41) is 3.13. The van der Waals surface area contributed by atoms with E-state index in [4.69, 9.17) is 9.47 Å². The number of nitrogens with zero attached hydrogens (tertiary/aromatic N) is 2. The van der Waals surface area contributed by atoms with Crippen molar-refractivity contribution < 1.29 is 14.3 Å². The Morgan fingerprint density at radius 1 is 1.10 bits per heavy atom. The molecule has 1 N–H and O–H groups in total. The van der Waals surface area contributed by atoms with Crippen molar-refractivity contribution in [1.29, 1.82) is 0 Å².